The first-order chi connectivity index (χ1) is 11.6. The molecule has 2 aromatic rings. The normalized spacial score (nSPS) is 17.1. The van der Waals surface area contributed by atoms with Crippen LogP contribution in [-0.4, -0.2) is 40.9 Å². The number of aromatic nitrogens is 2. The second kappa shape index (κ2) is 7.13. The average Bonchev–Trinajstić information content (AvgIpc) is 3.22. The molecular formula is C17H21ClN4O2. The van der Waals surface area contributed by atoms with E-state index in [4.69, 9.17) is 16.3 Å². The fraction of sp³-hybridized carbons (Fsp3) is 0.412. The van der Waals surface area contributed by atoms with Crippen molar-refractivity contribution < 1.29 is 9.53 Å². The van der Waals surface area contributed by atoms with Crippen LogP contribution in [0.3, 0.4) is 0 Å². The zero-order valence-corrected chi connectivity index (χ0v) is 14.6. The first-order valence-electron chi connectivity index (χ1n) is 7.91. The third-order valence-electron chi connectivity index (χ3n) is 4.38. The fourth-order valence-corrected chi connectivity index (χ4v) is 3.28. The molecule has 0 spiro atoms. The lowest BCUT2D eigenvalue weighted by atomic mass is 10.0. The third kappa shape index (κ3) is 3.48. The van der Waals surface area contributed by atoms with Crippen molar-refractivity contribution in [2.75, 3.05) is 20.2 Å². The van der Waals surface area contributed by atoms with Crippen LogP contribution in [0.2, 0.25) is 5.02 Å². The van der Waals surface area contributed by atoms with Crippen molar-refractivity contribution in [3.05, 3.63) is 46.7 Å². The molecule has 7 heteroatoms. The lowest BCUT2D eigenvalue weighted by Crippen LogP contribution is -2.38. The maximum atomic E-state index is 12.4. The third-order valence-corrected chi connectivity index (χ3v) is 4.74. The van der Waals surface area contributed by atoms with Crippen molar-refractivity contribution in [3.8, 4) is 5.75 Å². The molecule has 1 aliphatic heterocycles. The monoisotopic (exact) mass is 348 g/mol. The number of halogens is 1. The number of benzene rings is 1. The number of carbonyl (C=O) groups excluding carboxylic acids is 1. The summed E-state index contributed by atoms with van der Waals surface area (Å²) in [6.45, 7) is 1.79. The number of rotatable bonds is 4. The van der Waals surface area contributed by atoms with Crippen LogP contribution in [0.25, 0.3) is 0 Å². The highest BCUT2D eigenvalue weighted by Gasteiger charge is 2.28. The molecule has 1 atom stereocenters. The number of urea groups is 1. The standard InChI is InChI=1S/C17H21ClN4O2/c1-21-10-13(8-20-21)12-6-7-22(11-12)17(23)19-9-14-15(18)4-3-5-16(14)24-2/h3-5,8,10,12H,6-7,9,11H2,1-2H3,(H,19,23). The van der Waals surface area contributed by atoms with Crippen molar-refractivity contribution in [3.63, 3.8) is 0 Å². The Kier molecular flexibility index (Phi) is 4.94. The van der Waals surface area contributed by atoms with E-state index in [1.807, 2.05) is 36.5 Å². The molecule has 1 aromatic heterocycles. The van der Waals surface area contributed by atoms with Gasteiger partial charge in [0.25, 0.3) is 0 Å². The lowest BCUT2D eigenvalue weighted by molar-refractivity contribution is 0.207. The summed E-state index contributed by atoms with van der Waals surface area (Å²) in [6.07, 6.45) is 4.84. The Labute approximate surface area is 146 Å². The molecule has 0 radical (unpaired) electrons. The van der Waals surface area contributed by atoms with Crippen LogP contribution < -0.4 is 10.1 Å². The van der Waals surface area contributed by atoms with Gasteiger partial charge in [0, 0.05) is 49.4 Å². The largest absolute Gasteiger partial charge is 0.496 e. The number of methoxy groups -OCH3 is 1. The summed E-state index contributed by atoms with van der Waals surface area (Å²) in [5.41, 5.74) is 1.97. The number of nitrogens with zero attached hydrogens (tertiary/aromatic N) is 3. The summed E-state index contributed by atoms with van der Waals surface area (Å²) in [6, 6.07) is 5.37. The van der Waals surface area contributed by atoms with Gasteiger partial charge in [0.15, 0.2) is 0 Å². The van der Waals surface area contributed by atoms with Crippen molar-refractivity contribution in [2.24, 2.45) is 7.05 Å². The number of carbonyl (C=O) groups is 1. The quantitative estimate of drug-likeness (QED) is 0.924. The van der Waals surface area contributed by atoms with Crippen molar-refractivity contribution in [1.29, 1.82) is 0 Å². The molecule has 24 heavy (non-hydrogen) atoms. The maximum Gasteiger partial charge on any atom is 0.317 e. The van der Waals surface area contributed by atoms with Gasteiger partial charge < -0.3 is 15.0 Å². The van der Waals surface area contributed by atoms with E-state index in [9.17, 15) is 4.79 Å². The molecular weight excluding hydrogens is 328 g/mol. The van der Waals surface area contributed by atoms with Gasteiger partial charge in [-0.3, -0.25) is 4.68 Å². The van der Waals surface area contributed by atoms with Gasteiger partial charge in [-0.15, -0.1) is 0 Å². The maximum absolute atomic E-state index is 12.4. The molecule has 1 unspecified atom stereocenters. The second-order valence-electron chi connectivity index (χ2n) is 5.96. The SMILES string of the molecule is COc1cccc(Cl)c1CNC(=O)N1CCC(c2cnn(C)c2)C1. The Morgan fingerprint density at radius 3 is 3.04 bits per heavy atom. The number of nitrogens with one attached hydrogen (secondary N) is 1. The highest BCUT2D eigenvalue weighted by Crippen LogP contribution is 2.28. The van der Waals surface area contributed by atoms with Crippen LogP contribution in [0.1, 0.15) is 23.5 Å². The van der Waals surface area contributed by atoms with Crippen LogP contribution in [0.4, 0.5) is 4.79 Å². The number of likely N-dealkylation sites (tertiary alicyclic amines) is 1. The van der Waals surface area contributed by atoms with E-state index < -0.39 is 0 Å². The van der Waals surface area contributed by atoms with E-state index in [1.54, 1.807) is 17.9 Å². The minimum atomic E-state index is -0.0802. The molecule has 1 aliphatic rings. The van der Waals surface area contributed by atoms with Crippen molar-refractivity contribution in [1.82, 2.24) is 20.0 Å². The molecule has 6 nitrogen and oxygen atoms in total. The first kappa shape index (κ1) is 16.6. The fourth-order valence-electron chi connectivity index (χ4n) is 3.05. The molecule has 1 fully saturated rings. The molecule has 1 aromatic carbocycles. The van der Waals surface area contributed by atoms with E-state index in [2.05, 4.69) is 10.4 Å². The van der Waals surface area contributed by atoms with Gasteiger partial charge in [0.05, 0.1) is 13.3 Å². The van der Waals surface area contributed by atoms with E-state index in [0.717, 1.165) is 18.5 Å². The van der Waals surface area contributed by atoms with E-state index in [-0.39, 0.29) is 6.03 Å². The molecule has 3 rings (SSSR count). The van der Waals surface area contributed by atoms with Crippen LogP contribution in [0.15, 0.2) is 30.6 Å². The second-order valence-corrected chi connectivity index (χ2v) is 6.37. The first-order valence-corrected chi connectivity index (χ1v) is 8.29. The van der Waals surface area contributed by atoms with Gasteiger partial charge in [-0.05, 0) is 24.1 Å². The van der Waals surface area contributed by atoms with Crippen LogP contribution in [0, 0.1) is 0 Å². The highest BCUT2D eigenvalue weighted by molar-refractivity contribution is 6.31. The van der Waals surface area contributed by atoms with Gasteiger partial charge in [0.2, 0.25) is 0 Å². The molecule has 0 aliphatic carbocycles. The van der Waals surface area contributed by atoms with Crippen LogP contribution in [-0.2, 0) is 13.6 Å². The summed E-state index contributed by atoms with van der Waals surface area (Å²) >= 11 is 6.20. The Morgan fingerprint density at radius 2 is 2.33 bits per heavy atom. The van der Waals surface area contributed by atoms with Crippen molar-refractivity contribution >= 4 is 17.6 Å². The van der Waals surface area contributed by atoms with Gasteiger partial charge in [-0.1, -0.05) is 17.7 Å². The Balaban J connectivity index is 1.59. The number of hydrogen-bond donors (Lipinski definition) is 1. The smallest absolute Gasteiger partial charge is 0.317 e. The number of aryl methyl sites for hydroxylation is 1. The number of ether oxygens (including phenoxy) is 1. The van der Waals surface area contributed by atoms with Gasteiger partial charge >= 0.3 is 6.03 Å². The predicted octanol–water partition coefficient (Wildman–Crippen LogP) is 2.78. The lowest BCUT2D eigenvalue weighted by Gasteiger charge is -2.18. The molecule has 2 amide bonds. The van der Waals surface area contributed by atoms with Gasteiger partial charge in [-0.25, -0.2) is 4.79 Å². The summed E-state index contributed by atoms with van der Waals surface area (Å²) in [4.78, 5) is 14.3. The molecule has 1 saturated heterocycles. The Morgan fingerprint density at radius 1 is 1.50 bits per heavy atom. The highest BCUT2D eigenvalue weighted by atomic mass is 35.5. The zero-order valence-electron chi connectivity index (χ0n) is 13.8. The summed E-state index contributed by atoms with van der Waals surface area (Å²) < 4.78 is 7.10. The van der Waals surface area contributed by atoms with Crippen LogP contribution in [0.5, 0.6) is 5.75 Å². The van der Waals surface area contributed by atoms with E-state index in [1.165, 1.54) is 5.56 Å². The summed E-state index contributed by atoms with van der Waals surface area (Å²) in [5, 5.41) is 7.73. The number of hydrogen-bond acceptors (Lipinski definition) is 3. The van der Waals surface area contributed by atoms with E-state index in [0.29, 0.717) is 29.8 Å². The Hall–Kier alpha value is -2.21. The van der Waals surface area contributed by atoms with Crippen LogP contribution >= 0.6 is 11.6 Å². The van der Waals surface area contributed by atoms with Gasteiger partial charge in [0.1, 0.15) is 5.75 Å². The topological polar surface area (TPSA) is 59.4 Å². The molecule has 0 bridgehead atoms. The molecule has 0 saturated carbocycles. The van der Waals surface area contributed by atoms with Gasteiger partial charge in [-0.2, -0.15) is 5.10 Å². The summed E-state index contributed by atoms with van der Waals surface area (Å²) in [5.74, 6) is 1.02. The Bertz CT molecular complexity index is 731. The molecule has 128 valence electrons. The number of amides is 2. The van der Waals surface area contributed by atoms with E-state index >= 15 is 0 Å². The zero-order chi connectivity index (χ0) is 17.1. The molecule has 2 heterocycles. The molecule has 1 N–H and O–H groups in total. The minimum absolute atomic E-state index is 0.0802. The average molecular weight is 349 g/mol. The minimum Gasteiger partial charge on any atom is -0.496 e. The predicted molar refractivity (Wildman–Crippen MR) is 92.4 cm³/mol. The summed E-state index contributed by atoms with van der Waals surface area (Å²) in [7, 11) is 3.50. The van der Waals surface area contributed by atoms with Crippen molar-refractivity contribution in [2.45, 2.75) is 18.9 Å².